The lowest BCUT2D eigenvalue weighted by molar-refractivity contribution is -0.849. The number of carbonyl (C=O) groups excluding carboxylic acids is 1. The molecule has 1 aromatic heterocycles. The Labute approximate surface area is 175 Å². The first-order valence-electron chi connectivity index (χ1n) is 10.7. The molecule has 1 aromatic carbocycles. The van der Waals surface area contributed by atoms with Gasteiger partial charge in [0, 0.05) is 42.8 Å². The van der Waals surface area contributed by atoms with E-state index in [4.69, 9.17) is 0 Å². The number of aromatic amines is 1. The van der Waals surface area contributed by atoms with Crippen LogP contribution >= 0.6 is 0 Å². The number of quaternary nitrogens is 1. The van der Waals surface area contributed by atoms with Crippen molar-refractivity contribution in [2.75, 3.05) is 54.9 Å². The maximum atomic E-state index is 12.9. The summed E-state index contributed by atoms with van der Waals surface area (Å²) < 4.78 is 1.00. The van der Waals surface area contributed by atoms with Gasteiger partial charge >= 0.3 is 0 Å². The van der Waals surface area contributed by atoms with Gasteiger partial charge in [-0.1, -0.05) is 18.2 Å². The third-order valence-electron chi connectivity index (χ3n) is 5.66. The van der Waals surface area contributed by atoms with Crippen molar-refractivity contribution in [3.05, 3.63) is 41.6 Å². The summed E-state index contributed by atoms with van der Waals surface area (Å²) in [5, 5.41) is 1.34. The molecule has 1 aliphatic heterocycles. The van der Waals surface area contributed by atoms with Crippen LogP contribution in [0.2, 0.25) is 0 Å². The van der Waals surface area contributed by atoms with E-state index in [1.807, 2.05) is 4.90 Å². The summed E-state index contributed by atoms with van der Waals surface area (Å²) in [6, 6.07) is 6.82. The molecule has 0 fully saturated rings. The Morgan fingerprint density at radius 2 is 1.86 bits per heavy atom. The van der Waals surface area contributed by atoms with E-state index in [1.54, 1.807) is 0 Å². The quantitative estimate of drug-likeness (QED) is 0.808. The van der Waals surface area contributed by atoms with Crippen molar-refractivity contribution >= 4 is 22.4 Å². The third-order valence-corrected chi connectivity index (χ3v) is 5.66. The topological polar surface area (TPSA) is 39.3 Å². The fraction of sp³-hybridized carbons (Fsp3) is 0.542. The first-order chi connectivity index (χ1) is 13.6. The molecule has 2 aromatic rings. The van der Waals surface area contributed by atoms with E-state index >= 15 is 0 Å². The van der Waals surface area contributed by atoms with Crippen LogP contribution in [-0.4, -0.2) is 86.1 Å². The number of hydrogen-bond acceptors (Lipinski definition) is 2. The zero-order chi connectivity index (χ0) is 21.3. The van der Waals surface area contributed by atoms with Gasteiger partial charge in [-0.15, -0.1) is 0 Å². The molecular weight excluding hydrogens is 360 g/mol. The molecule has 2 heterocycles. The highest BCUT2D eigenvalue weighted by Crippen LogP contribution is 2.40. The van der Waals surface area contributed by atoms with Gasteiger partial charge in [0.25, 0.3) is 0 Å². The van der Waals surface area contributed by atoms with Crippen molar-refractivity contribution in [1.82, 2.24) is 14.8 Å². The molecule has 0 bridgehead atoms. The highest BCUT2D eigenvalue weighted by Gasteiger charge is 2.36. The van der Waals surface area contributed by atoms with Crippen LogP contribution in [0.5, 0.6) is 0 Å². The number of H-pyrrole nitrogens is 1. The summed E-state index contributed by atoms with van der Waals surface area (Å²) in [4.78, 5) is 20.6. The van der Waals surface area contributed by atoms with Gasteiger partial charge in [0.1, 0.15) is 0 Å². The van der Waals surface area contributed by atoms with Gasteiger partial charge in [-0.25, -0.2) is 0 Å². The van der Waals surface area contributed by atoms with Gasteiger partial charge in [0.05, 0.1) is 34.1 Å². The molecule has 4 rings (SSSR count). The van der Waals surface area contributed by atoms with Crippen molar-refractivity contribution in [3.63, 3.8) is 0 Å². The molecular formula is C24H37N4O+. The Hall–Kier alpha value is -2.11. The van der Waals surface area contributed by atoms with Gasteiger partial charge in [-0.05, 0) is 50.1 Å². The number of benzene rings is 1. The Morgan fingerprint density at radius 1 is 1.21 bits per heavy atom. The van der Waals surface area contributed by atoms with E-state index < -0.39 is 0 Å². The average molecular weight is 398 g/mol. The van der Waals surface area contributed by atoms with Gasteiger partial charge in [0.2, 0.25) is 5.91 Å². The van der Waals surface area contributed by atoms with Crippen molar-refractivity contribution in [3.8, 4) is 0 Å². The number of nitrogens with zero attached hydrogens (tertiary/aromatic N) is 3. The van der Waals surface area contributed by atoms with Gasteiger partial charge in [-0.3, -0.25) is 9.69 Å². The monoisotopic (exact) mass is 397 g/mol. The van der Waals surface area contributed by atoms with E-state index in [0.29, 0.717) is 6.04 Å². The molecule has 5 nitrogen and oxygen atoms in total. The summed E-state index contributed by atoms with van der Waals surface area (Å²) in [7, 11) is 10.7. The molecule has 0 saturated carbocycles. The van der Waals surface area contributed by atoms with E-state index in [9.17, 15) is 4.79 Å². The molecule has 2 aliphatic rings. The van der Waals surface area contributed by atoms with E-state index in [1.165, 1.54) is 27.6 Å². The van der Waals surface area contributed by atoms with Gasteiger partial charge < -0.3 is 14.4 Å². The summed E-state index contributed by atoms with van der Waals surface area (Å²) in [6.45, 7) is 6.47. The first-order valence-corrected chi connectivity index (χ1v) is 10.7. The Bertz CT molecular complexity index is 895. The average Bonchev–Trinajstić information content (AvgIpc) is 3.06. The smallest absolute Gasteiger partial charge is 0.230 e. The van der Waals surface area contributed by atoms with Crippen LogP contribution in [-0.2, 0) is 11.2 Å². The Morgan fingerprint density at radius 3 is 2.48 bits per heavy atom. The summed E-state index contributed by atoms with van der Waals surface area (Å²) >= 11 is 0. The number of fused-ring (bicyclic) bond motifs is 2. The number of carbonyl (C=O) groups is 1. The fourth-order valence-corrected chi connectivity index (χ4v) is 4.38. The van der Waals surface area contributed by atoms with Crippen LogP contribution in [0.3, 0.4) is 0 Å². The number of nitrogens with one attached hydrogen (secondary N) is 1. The number of amides is 1. The van der Waals surface area contributed by atoms with E-state index in [-0.39, 0.29) is 11.8 Å². The lowest BCUT2D eigenvalue weighted by Crippen LogP contribution is -2.47. The van der Waals surface area contributed by atoms with Crippen LogP contribution in [0.1, 0.15) is 25.0 Å². The zero-order valence-electron chi connectivity index (χ0n) is 19.1. The van der Waals surface area contributed by atoms with E-state index in [2.05, 4.69) is 89.4 Å². The fourth-order valence-electron chi connectivity index (χ4n) is 4.38. The van der Waals surface area contributed by atoms with E-state index in [0.717, 1.165) is 30.5 Å². The summed E-state index contributed by atoms with van der Waals surface area (Å²) in [5.41, 5.74) is 5.21. The molecule has 0 radical (unpaired) electrons. The molecule has 1 N–H and O–H groups in total. The molecule has 1 amide bonds. The maximum Gasteiger partial charge on any atom is 0.230 e. The highest BCUT2D eigenvalue weighted by atomic mass is 16.2. The largest absolute Gasteiger partial charge is 0.361 e. The minimum absolute atomic E-state index is 0.0445. The van der Waals surface area contributed by atoms with Crippen molar-refractivity contribution in [2.24, 2.45) is 5.92 Å². The van der Waals surface area contributed by atoms with Crippen LogP contribution < -0.4 is 0 Å². The molecule has 158 valence electrons. The predicted octanol–water partition coefficient (Wildman–Crippen LogP) is 3.23. The van der Waals surface area contributed by atoms with Crippen molar-refractivity contribution in [1.29, 1.82) is 0 Å². The molecule has 0 spiro atoms. The second-order valence-corrected chi connectivity index (χ2v) is 9.62. The minimum atomic E-state index is -0.0445. The lowest BCUT2D eigenvalue weighted by atomic mass is 9.79. The molecule has 0 saturated heterocycles. The van der Waals surface area contributed by atoms with Crippen LogP contribution in [0.4, 0.5) is 0 Å². The van der Waals surface area contributed by atoms with Gasteiger partial charge in [0.15, 0.2) is 0 Å². The normalized spacial score (nSPS) is 21.1. The first kappa shape index (κ1) is 21.6. The second kappa shape index (κ2) is 8.33. The third kappa shape index (κ3) is 4.57. The number of rotatable bonds is 3. The summed E-state index contributed by atoms with van der Waals surface area (Å²) in [6.07, 6.45) is 5.41. The maximum absolute atomic E-state index is 12.9. The van der Waals surface area contributed by atoms with Gasteiger partial charge in [-0.2, -0.15) is 0 Å². The summed E-state index contributed by atoms with van der Waals surface area (Å²) in [5.74, 6) is 0.210. The minimum Gasteiger partial charge on any atom is -0.361 e. The molecule has 29 heavy (non-hydrogen) atoms. The molecule has 5 heteroatoms. The molecule has 1 aliphatic carbocycles. The lowest BCUT2D eigenvalue weighted by Gasteiger charge is -2.40. The number of hydrogen-bond donors (Lipinski definition) is 1. The van der Waals surface area contributed by atoms with Crippen LogP contribution in [0, 0.1) is 5.92 Å². The van der Waals surface area contributed by atoms with Crippen molar-refractivity contribution < 1.29 is 9.28 Å². The Balaban J connectivity index is 0.000000431. The number of likely N-dealkylation sites (N-methyl/N-ethyl adjacent to an activating group) is 1. The van der Waals surface area contributed by atoms with Crippen molar-refractivity contribution in [2.45, 2.75) is 26.3 Å². The zero-order valence-corrected chi connectivity index (χ0v) is 19.1. The Kier molecular flexibility index (Phi) is 6.20. The SMILES string of the molecule is CCN(CC)C(=O)[C@@H]1C=C2c3cccc4[nH]cc(c34)C[C@H]2N(C)C1.C[N+](C)(C)C. The number of aromatic nitrogens is 1. The molecule has 0 unspecified atom stereocenters. The predicted molar refractivity (Wildman–Crippen MR) is 122 cm³/mol. The standard InChI is InChI=1S/C20H25N3O.C4H12N/c1-4-23(5-2)20(24)14-9-16-15-7-6-8-17-19(15)13(11-21-17)10-18(16)22(3)12-14;1-5(2,3)4/h6-9,11,14,18,21H,4-5,10,12H2,1-3H3;1-4H3/q;+1/t14-,18-;/m1./s1. The highest BCUT2D eigenvalue weighted by molar-refractivity contribution is 5.99. The second-order valence-electron chi connectivity index (χ2n) is 9.62. The van der Waals surface area contributed by atoms with Crippen LogP contribution in [0.15, 0.2) is 30.5 Å². The van der Waals surface area contributed by atoms with Crippen LogP contribution in [0.25, 0.3) is 16.5 Å². The molecule has 2 atom stereocenters.